The quantitative estimate of drug-likeness (QED) is 0.591. The van der Waals surface area contributed by atoms with Gasteiger partial charge in [0.25, 0.3) is 0 Å². The topological polar surface area (TPSA) is 47.6 Å². The van der Waals surface area contributed by atoms with Crippen LogP contribution in [0.1, 0.15) is 6.92 Å². The summed E-state index contributed by atoms with van der Waals surface area (Å²) in [4.78, 5) is 11.4. The number of esters is 1. The van der Waals surface area contributed by atoms with Crippen molar-refractivity contribution >= 4 is 43.5 Å². The molecule has 0 aromatic heterocycles. The average molecular weight is 393 g/mol. The number of ether oxygens (including phenoxy) is 2. The molecule has 0 aliphatic rings. The number of carbonyl (C=O) groups excluding carboxylic acids is 1. The lowest BCUT2D eigenvalue weighted by Gasteiger charge is -2.12. The molecule has 0 bridgehead atoms. The monoisotopic (exact) mass is 391 g/mol. The van der Waals surface area contributed by atoms with Gasteiger partial charge in [-0.1, -0.05) is 6.58 Å². The zero-order chi connectivity index (χ0) is 14.4. The number of benzene rings is 1. The van der Waals surface area contributed by atoms with Gasteiger partial charge in [0.05, 0.1) is 23.9 Å². The minimum Gasteiger partial charge on any atom is -0.495 e. The summed E-state index contributed by atoms with van der Waals surface area (Å²) in [5.41, 5.74) is 1.18. The molecular weight excluding hydrogens is 378 g/mol. The molecule has 4 nitrogen and oxygen atoms in total. The van der Waals surface area contributed by atoms with Crippen LogP contribution in [0.15, 0.2) is 33.2 Å². The Morgan fingerprint density at radius 3 is 2.63 bits per heavy atom. The van der Waals surface area contributed by atoms with Gasteiger partial charge in [0.1, 0.15) is 5.75 Å². The lowest BCUT2D eigenvalue weighted by Crippen LogP contribution is -2.15. The molecule has 6 heteroatoms. The molecule has 0 unspecified atom stereocenters. The summed E-state index contributed by atoms with van der Waals surface area (Å²) < 4.78 is 11.8. The molecule has 0 fully saturated rings. The highest BCUT2D eigenvalue weighted by molar-refractivity contribution is 9.11. The van der Waals surface area contributed by atoms with Crippen molar-refractivity contribution in [2.24, 2.45) is 0 Å². The molecule has 0 amide bonds. The molecule has 0 saturated heterocycles. The van der Waals surface area contributed by atoms with E-state index in [-0.39, 0.29) is 0 Å². The van der Waals surface area contributed by atoms with Crippen LogP contribution in [-0.2, 0) is 9.53 Å². The van der Waals surface area contributed by atoms with Crippen molar-refractivity contribution in [2.45, 2.75) is 6.92 Å². The molecule has 0 aliphatic carbocycles. The Balaban J connectivity index is 2.72. The van der Waals surface area contributed by atoms with Crippen molar-refractivity contribution in [3.05, 3.63) is 33.2 Å². The summed E-state index contributed by atoms with van der Waals surface area (Å²) in [5, 5.41) is 3.11. The number of methoxy groups -OCH3 is 1. The van der Waals surface area contributed by atoms with E-state index in [2.05, 4.69) is 43.8 Å². The second-order valence-electron chi connectivity index (χ2n) is 3.64. The minimum atomic E-state index is -0.393. The number of hydrogen-bond acceptors (Lipinski definition) is 4. The maximum absolute atomic E-state index is 11.4. The molecule has 1 N–H and O–H groups in total. The van der Waals surface area contributed by atoms with E-state index in [0.29, 0.717) is 24.5 Å². The third-order valence-electron chi connectivity index (χ3n) is 2.30. The number of nitrogens with one attached hydrogen (secondary N) is 1. The Hall–Kier alpha value is -1.01. The highest BCUT2D eigenvalue weighted by Crippen LogP contribution is 2.34. The van der Waals surface area contributed by atoms with Crippen molar-refractivity contribution in [1.82, 2.24) is 0 Å². The van der Waals surface area contributed by atoms with E-state index in [1.165, 1.54) is 0 Å². The van der Waals surface area contributed by atoms with Crippen LogP contribution in [0, 0.1) is 0 Å². The summed E-state index contributed by atoms with van der Waals surface area (Å²) in [7, 11) is 1.59. The molecule has 1 aromatic rings. The van der Waals surface area contributed by atoms with Crippen molar-refractivity contribution in [1.29, 1.82) is 0 Å². The second kappa shape index (κ2) is 7.55. The average Bonchev–Trinajstić information content (AvgIpc) is 2.37. The molecule has 0 atom stereocenters. The maximum Gasteiger partial charge on any atom is 0.335 e. The highest BCUT2D eigenvalue weighted by Gasteiger charge is 2.10. The summed E-state index contributed by atoms with van der Waals surface area (Å²) >= 11 is 6.83. The zero-order valence-corrected chi connectivity index (χ0v) is 13.9. The lowest BCUT2D eigenvalue weighted by molar-refractivity contribution is -0.138. The molecule has 19 heavy (non-hydrogen) atoms. The minimum absolute atomic E-state index is 0.308. The Bertz CT molecular complexity index is 489. The van der Waals surface area contributed by atoms with Gasteiger partial charge in [0.2, 0.25) is 0 Å². The Morgan fingerprint density at radius 1 is 1.37 bits per heavy atom. The molecule has 0 heterocycles. The fraction of sp³-hybridized carbons (Fsp3) is 0.308. The van der Waals surface area contributed by atoms with Gasteiger partial charge in [0, 0.05) is 22.7 Å². The molecule has 1 aromatic carbocycles. The molecule has 0 saturated carbocycles. The van der Waals surface area contributed by atoms with E-state index in [1.54, 1.807) is 14.0 Å². The molecular formula is C13H15Br2NO3. The molecule has 104 valence electrons. The SMILES string of the molecule is C=C(CNc1cc(OC)c(Br)cc1Br)C(=O)OCC. The Kier molecular flexibility index (Phi) is 6.37. The zero-order valence-electron chi connectivity index (χ0n) is 10.8. The van der Waals surface area contributed by atoms with Crippen LogP contribution in [0.25, 0.3) is 0 Å². The fourth-order valence-corrected chi connectivity index (χ4v) is 2.62. The molecule has 0 aliphatic heterocycles. The van der Waals surface area contributed by atoms with Crippen LogP contribution in [0.3, 0.4) is 0 Å². The summed E-state index contributed by atoms with van der Waals surface area (Å²) in [6.45, 7) is 6.09. The van der Waals surface area contributed by atoms with Gasteiger partial charge in [-0.15, -0.1) is 0 Å². The van der Waals surface area contributed by atoms with Crippen molar-refractivity contribution in [3.8, 4) is 5.75 Å². The molecule has 0 spiro atoms. The summed E-state index contributed by atoms with van der Waals surface area (Å²) in [5.74, 6) is 0.308. The van der Waals surface area contributed by atoms with Crippen LogP contribution >= 0.6 is 31.9 Å². The number of hydrogen-bond donors (Lipinski definition) is 1. The first-order valence-corrected chi connectivity index (χ1v) is 7.20. The third-order valence-corrected chi connectivity index (χ3v) is 3.57. The lowest BCUT2D eigenvalue weighted by atomic mass is 10.2. The van der Waals surface area contributed by atoms with Crippen LogP contribution in [0.2, 0.25) is 0 Å². The van der Waals surface area contributed by atoms with Gasteiger partial charge in [-0.2, -0.15) is 0 Å². The Morgan fingerprint density at radius 2 is 2.05 bits per heavy atom. The van der Waals surface area contributed by atoms with Gasteiger partial charge in [-0.25, -0.2) is 4.79 Å². The molecule has 1 rings (SSSR count). The van der Waals surface area contributed by atoms with E-state index in [1.807, 2.05) is 12.1 Å². The number of rotatable bonds is 6. The van der Waals surface area contributed by atoms with Crippen molar-refractivity contribution in [2.75, 3.05) is 25.6 Å². The largest absolute Gasteiger partial charge is 0.495 e. The third kappa shape index (κ3) is 4.54. The number of halogens is 2. The van der Waals surface area contributed by atoms with Crippen molar-refractivity contribution < 1.29 is 14.3 Å². The van der Waals surface area contributed by atoms with Crippen LogP contribution < -0.4 is 10.1 Å². The van der Waals surface area contributed by atoms with E-state index >= 15 is 0 Å². The van der Waals surface area contributed by atoms with Crippen LogP contribution in [0.4, 0.5) is 5.69 Å². The predicted molar refractivity (Wildman–Crippen MR) is 82.7 cm³/mol. The molecule has 0 radical (unpaired) electrons. The van der Waals surface area contributed by atoms with Crippen molar-refractivity contribution in [3.63, 3.8) is 0 Å². The van der Waals surface area contributed by atoms with Gasteiger partial charge in [0.15, 0.2) is 0 Å². The summed E-state index contributed by atoms with van der Waals surface area (Å²) in [6.07, 6.45) is 0. The maximum atomic E-state index is 11.4. The number of anilines is 1. The van der Waals surface area contributed by atoms with E-state index < -0.39 is 5.97 Å². The van der Waals surface area contributed by atoms with Gasteiger partial charge in [-0.3, -0.25) is 0 Å². The Labute approximate surface area is 129 Å². The standard InChI is InChI=1S/C13H15Br2NO3/c1-4-19-13(17)8(2)7-16-11-6-12(18-3)10(15)5-9(11)14/h5-6,16H,2,4,7H2,1,3H3. The smallest absolute Gasteiger partial charge is 0.335 e. The predicted octanol–water partition coefficient (Wildman–Crippen LogP) is 3.75. The second-order valence-corrected chi connectivity index (χ2v) is 5.35. The van der Waals surface area contributed by atoms with Gasteiger partial charge in [-0.05, 0) is 44.8 Å². The first-order valence-electron chi connectivity index (χ1n) is 5.61. The first-order chi connectivity index (χ1) is 8.99. The summed E-state index contributed by atoms with van der Waals surface area (Å²) in [6, 6.07) is 3.70. The normalized spacial score (nSPS) is 9.89. The highest BCUT2D eigenvalue weighted by atomic mass is 79.9. The fourth-order valence-electron chi connectivity index (χ4n) is 1.33. The van der Waals surface area contributed by atoms with E-state index in [4.69, 9.17) is 9.47 Å². The first kappa shape index (κ1) is 16.0. The van der Waals surface area contributed by atoms with Crippen LogP contribution in [0.5, 0.6) is 5.75 Å². The van der Waals surface area contributed by atoms with Gasteiger partial charge < -0.3 is 14.8 Å². The van der Waals surface area contributed by atoms with E-state index in [9.17, 15) is 4.79 Å². The van der Waals surface area contributed by atoms with Crippen LogP contribution in [-0.4, -0.2) is 26.2 Å². The number of carbonyl (C=O) groups is 1. The van der Waals surface area contributed by atoms with E-state index in [0.717, 1.165) is 14.6 Å². The van der Waals surface area contributed by atoms with Gasteiger partial charge >= 0.3 is 5.97 Å².